The molecule has 0 bridgehead atoms. The minimum absolute atomic E-state index is 0.117. The summed E-state index contributed by atoms with van der Waals surface area (Å²) in [7, 11) is 0. The van der Waals surface area contributed by atoms with Crippen molar-refractivity contribution in [2.24, 2.45) is 5.92 Å². The normalized spacial score (nSPS) is 22.8. The van der Waals surface area contributed by atoms with Gasteiger partial charge in [0, 0.05) is 5.92 Å². The molecule has 2 nitrogen and oxygen atoms in total. The number of benzene rings is 1. The van der Waals surface area contributed by atoms with E-state index in [-0.39, 0.29) is 24.2 Å². The monoisotopic (exact) mass is 257 g/mol. The third-order valence-corrected chi connectivity index (χ3v) is 3.06. The second kappa shape index (κ2) is 5.10. The molecule has 0 amide bonds. The summed E-state index contributed by atoms with van der Waals surface area (Å²) in [6.07, 6.45) is -3.51. The molecule has 1 N–H and O–H groups in total. The second-order valence-corrected chi connectivity index (χ2v) is 4.54. The van der Waals surface area contributed by atoms with Gasteiger partial charge in [0.05, 0.1) is 13.1 Å². The van der Waals surface area contributed by atoms with Crippen LogP contribution in [0, 0.1) is 5.92 Å². The average Bonchev–Trinajstić information content (AvgIpc) is 3.08. The quantitative estimate of drug-likeness (QED) is 0.878. The first kappa shape index (κ1) is 13.1. The molecule has 98 valence electrons. The maximum absolute atomic E-state index is 11.9. The van der Waals surface area contributed by atoms with Crippen LogP contribution >= 0.6 is 0 Å². The van der Waals surface area contributed by atoms with Gasteiger partial charge in [0.25, 0.3) is 0 Å². The minimum atomic E-state index is -4.26. The van der Waals surface area contributed by atoms with E-state index in [9.17, 15) is 18.0 Å². The Bertz CT molecular complexity index is 416. The third kappa shape index (κ3) is 3.57. The van der Waals surface area contributed by atoms with Crippen LogP contribution in [0.25, 0.3) is 0 Å². The van der Waals surface area contributed by atoms with Crippen molar-refractivity contribution in [2.45, 2.75) is 18.5 Å². The molecule has 1 saturated carbocycles. The highest BCUT2D eigenvalue weighted by molar-refractivity contribution is 5.86. The Morgan fingerprint density at radius 2 is 1.94 bits per heavy atom. The van der Waals surface area contributed by atoms with Gasteiger partial charge in [0.2, 0.25) is 0 Å². The molecule has 1 fully saturated rings. The lowest BCUT2D eigenvalue weighted by Gasteiger charge is -2.07. The van der Waals surface area contributed by atoms with Gasteiger partial charge in [-0.25, -0.2) is 0 Å². The van der Waals surface area contributed by atoms with E-state index in [0.717, 1.165) is 12.0 Å². The van der Waals surface area contributed by atoms with Crippen LogP contribution in [0.1, 0.15) is 17.9 Å². The van der Waals surface area contributed by atoms with Crippen LogP contribution in [0.3, 0.4) is 0 Å². The molecule has 1 aromatic rings. The van der Waals surface area contributed by atoms with Gasteiger partial charge in [-0.3, -0.25) is 4.79 Å². The van der Waals surface area contributed by atoms with Gasteiger partial charge in [-0.2, -0.15) is 13.2 Å². The molecule has 18 heavy (non-hydrogen) atoms. The molecule has 0 aromatic heterocycles. The van der Waals surface area contributed by atoms with Gasteiger partial charge in [-0.05, 0) is 17.9 Å². The van der Waals surface area contributed by atoms with E-state index < -0.39 is 12.7 Å². The maximum atomic E-state index is 11.9. The van der Waals surface area contributed by atoms with Crippen LogP contribution in [0.2, 0.25) is 0 Å². The number of nitrogens with one attached hydrogen (secondary N) is 1. The fourth-order valence-electron chi connectivity index (χ4n) is 2.08. The van der Waals surface area contributed by atoms with Crippen molar-refractivity contribution in [3.63, 3.8) is 0 Å². The van der Waals surface area contributed by atoms with Gasteiger partial charge in [0.1, 0.15) is 5.78 Å². The van der Waals surface area contributed by atoms with E-state index in [1.54, 1.807) is 0 Å². The van der Waals surface area contributed by atoms with Gasteiger partial charge < -0.3 is 5.32 Å². The zero-order valence-electron chi connectivity index (χ0n) is 9.70. The predicted molar refractivity (Wildman–Crippen MR) is 61.2 cm³/mol. The molecule has 0 radical (unpaired) electrons. The summed E-state index contributed by atoms with van der Waals surface area (Å²) in [6, 6.07) is 9.59. The molecule has 0 heterocycles. The molecule has 0 aliphatic heterocycles. The minimum Gasteiger partial charge on any atom is -0.302 e. The van der Waals surface area contributed by atoms with Crippen molar-refractivity contribution in [2.75, 3.05) is 13.1 Å². The highest BCUT2D eigenvalue weighted by Gasteiger charge is 2.43. The Hall–Kier alpha value is -1.36. The van der Waals surface area contributed by atoms with Crippen LogP contribution in [0.15, 0.2) is 30.3 Å². The Balaban J connectivity index is 1.76. The number of halogens is 3. The fraction of sp³-hybridized carbons (Fsp3) is 0.462. The largest absolute Gasteiger partial charge is 0.401 e. The molecule has 0 spiro atoms. The fourth-order valence-corrected chi connectivity index (χ4v) is 2.08. The Labute approximate surface area is 103 Å². The third-order valence-electron chi connectivity index (χ3n) is 3.06. The van der Waals surface area contributed by atoms with Crippen LogP contribution in [-0.4, -0.2) is 25.0 Å². The lowest BCUT2D eigenvalue weighted by atomic mass is 10.1. The molecular weight excluding hydrogens is 243 g/mol. The standard InChI is InChI=1S/C13H14F3NO/c14-13(15,16)8-17-7-12(18)11-6-10(11)9-4-2-1-3-5-9/h1-5,10-11,17H,6-8H2. The van der Waals surface area contributed by atoms with Gasteiger partial charge in [-0.15, -0.1) is 0 Å². The van der Waals surface area contributed by atoms with Crippen molar-refractivity contribution in [3.05, 3.63) is 35.9 Å². The van der Waals surface area contributed by atoms with Crippen LogP contribution in [-0.2, 0) is 4.79 Å². The van der Waals surface area contributed by atoms with Gasteiger partial charge >= 0.3 is 6.18 Å². The summed E-state index contributed by atoms with van der Waals surface area (Å²) >= 11 is 0. The summed E-state index contributed by atoms with van der Waals surface area (Å²) in [5.41, 5.74) is 1.09. The van der Waals surface area contributed by atoms with Gasteiger partial charge in [-0.1, -0.05) is 30.3 Å². The number of alkyl halides is 3. The van der Waals surface area contributed by atoms with E-state index in [4.69, 9.17) is 0 Å². The number of ketones is 1. The zero-order valence-corrected chi connectivity index (χ0v) is 9.70. The van der Waals surface area contributed by atoms with Crippen molar-refractivity contribution in [1.82, 2.24) is 5.32 Å². The molecule has 1 aromatic carbocycles. The molecule has 1 aliphatic rings. The molecule has 2 rings (SSSR count). The highest BCUT2D eigenvalue weighted by Crippen LogP contribution is 2.47. The van der Waals surface area contributed by atoms with Crippen LogP contribution < -0.4 is 5.32 Å². The smallest absolute Gasteiger partial charge is 0.302 e. The first-order valence-electron chi connectivity index (χ1n) is 5.82. The zero-order chi connectivity index (χ0) is 13.2. The lowest BCUT2D eigenvalue weighted by Crippen LogP contribution is -2.33. The topological polar surface area (TPSA) is 29.1 Å². The van der Waals surface area contributed by atoms with Crippen molar-refractivity contribution >= 4 is 5.78 Å². The summed E-state index contributed by atoms with van der Waals surface area (Å²) in [4.78, 5) is 11.6. The second-order valence-electron chi connectivity index (χ2n) is 4.54. The van der Waals surface area contributed by atoms with Crippen LogP contribution in [0.4, 0.5) is 13.2 Å². The number of carbonyl (C=O) groups is 1. The highest BCUT2D eigenvalue weighted by atomic mass is 19.4. The van der Waals surface area contributed by atoms with Crippen LogP contribution in [0.5, 0.6) is 0 Å². The molecule has 0 saturated heterocycles. The van der Waals surface area contributed by atoms with Gasteiger partial charge in [0.15, 0.2) is 0 Å². The van der Waals surface area contributed by atoms with E-state index in [1.165, 1.54) is 0 Å². The molecule has 2 atom stereocenters. The van der Waals surface area contributed by atoms with E-state index in [2.05, 4.69) is 5.32 Å². The number of hydrogen-bond donors (Lipinski definition) is 1. The first-order valence-corrected chi connectivity index (χ1v) is 5.82. The molecule has 5 heteroatoms. The summed E-state index contributed by atoms with van der Waals surface area (Å²) in [5.74, 6) is -0.0624. The Morgan fingerprint density at radius 3 is 2.56 bits per heavy atom. The molecule has 2 unspecified atom stereocenters. The van der Waals surface area contributed by atoms with Crippen molar-refractivity contribution < 1.29 is 18.0 Å². The van der Waals surface area contributed by atoms with Crippen molar-refractivity contribution in [3.8, 4) is 0 Å². The molecule has 1 aliphatic carbocycles. The Morgan fingerprint density at radius 1 is 1.28 bits per heavy atom. The number of hydrogen-bond acceptors (Lipinski definition) is 2. The summed E-state index contributed by atoms with van der Waals surface area (Å²) < 4.78 is 35.7. The number of rotatable bonds is 5. The summed E-state index contributed by atoms with van der Waals surface area (Å²) in [5, 5.41) is 2.14. The lowest BCUT2D eigenvalue weighted by molar-refractivity contribution is -0.128. The van der Waals surface area contributed by atoms with E-state index in [0.29, 0.717) is 0 Å². The SMILES string of the molecule is O=C(CNCC(F)(F)F)C1CC1c1ccccc1. The predicted octanol–water partition coefficient (Wildman–Crippen LogP) is 2.51. The average molecular weight is 257 g/mol. The Kier molecular flexibility index (Phi) is 3.71. The maximum Gasteiger partial charge on any atom is 0.401 e. The number of carbonyl (C=O) groups excluding carboxylic acids is 1. The van der Waals surface area contributed by atoms with E-state index >= 15 is 0 Å². The van der Waals surface area contributed by atoms with E-state index in [1.807, 2.05) is 30.3 Å². The number of Topliss-reactive ketones (excluding diaryl/α,β-unsaturated/α-hetero) is 1. The van der Waals surface area contributed by atoms with Crippen molar-refractivity contribution in [1.29, 1.82) is 0 Å². The first-order chi connectivity index (χ1) is 8.47. The summed E-state index contributed by atoms with van der Waals surface area (Å²) in [6.45, 7) is -1.31. The molecular formula is C13H14F3NO.